The Balaban J connectivity index is 4.12. The van der Waals surface area contributed by atoms with Crippen molar-refractivity contribution in [2.75, 3.05) is 13.2 Å². The smallest absolute Gasteiger partial charge is 0.328 e. The van der Waals surface area contributed by atoms with Gasteiger partial charge in [0.05, 0.1) is 13.2 Å². The predicted molar refractivity (Wildman–Crippen MR) is 208 cm³/mol. The lowest BCUT2D eigenvalue weighted by molar-refractivity contribution is -0.150. The highest BCUT2D eigenvalue weighted by Gasteiger charge is 2.19. The van der Waals surface area contributed by atoms with Crippen LogP contribution < -0.4 is 10.6 Å². The lowest BCUT2D eigenvalue weighted by atomic mass is 10.0. The number of carbonyl (C=O) groups is 4. The summed E-state index contributed by atoms with van der Waals surface area (Å²) in [6.45, 7) is 3.34. The van der Waals surface area contributed by atoms with Crippen LogP contribution in [0.2, 0.25) is 0 Å². The number of rotatable bonds is 36. The summed E-state index contributed by atoms with van der Waals surface area (Å²) in [7, 11) is 0. The minimum absolute atomic E-state index is 0.0137. The minimum Gasteiger partial charge on any atom is -0.480 e. The number of allylic oxidation sites excluding steroid dienone is 6. The average Bonchev–Trinajstić information content (AvgIpc) is 3.11. The molecule has 0 aliphatic rings. The SMILES string of the molecule is CC/C=C\C/C=C\C/C=C\CCCCCCCCCC(=O)OC(CCCCCCCC)CCCCCCCC(=O)NCC(=O)NC(CO)C(=O)O. The van der Waals surface area contributed by atoms with Gasteiger partial charge in [-0.1, -0.05) is 134 Å². The molecule has 0 fully saturated rings. The van der Waals surface area contributed by atoms with Gasteiger partial charge in [-0.05, 0) is 70.6 Å². The van der Waals surface area contributed by atoms with Crippen LogP contribution in [0.15, 0.2) is 36.5 Å². The van der Waals surface area contributed by atoms with Gasteiger partial charge in [0.25, 0.3) is 0 Å². The number of ether oxygens (including phenoxy) is 1. The van der Waals surface area contributed by atoms with Gasteiger partial charge < -0.3 is 25.6 Å². The Hall–Kier alpha value is -2.94. The van der Waals surface area contributed by atoms with Crippen molar-refractivity contribution in [2.24, 2.45) is 0 Å². The Morgan fingerprint density at radius 3 is 1.69 bits per heavy atom. The molecule has 0 aliphatic heterocycles. The maximum Gasteiger partial charge on any atom is 0.328 e. The van der Waals surface area contributed by atoms with Crippen molar-refractivity contribution in [2.45, 2.75) is 193 Å². The predicted octanol–water partition coefficient (Wildman–Crippen LogP) is 9.43. The molecule has 294 valence electrons. The van der Waals surface area contributed by atoms with Gasteiger partial charge in [-0.3, -0.25) is 14.4 Å². The molecule has 4 N–H and O–H groups in total. The van der Waals surface area contributed by atoms with Crippen LogP contribution in [-0.2, 0) is 23.9 Å². The Bertz CT molecular complexity index is 963. The third-order valence-electron chi connectivity index (χ3n) is 8.90. The number of aliphatic carboxylic acids is 1. The van der Waals surface area contributed by atoms with E-state index in [-0.39, 0.29) is 24.5 Å². The van der Waals surface area contributed by atoms with Crippen LogP contribution in [0.3, 0.4) is 0 Å². The van der Waals surface area contributed by atoms with E-state index in [4.69, 9.17) is 14.9 Å². The largest absolute Gasteiger partial charge is 0.480 e. The summed E-state index contributed by atoms with van der Waals surface area (Å²) in [6, 6.07) is -1.38. The molecule has 0 saturated heterocycles. The zero-order valence-electron chi connectivity index (χ0n) is 32.4. The molecule has 0 bridgehead atoms. The third kappa shape index (κ3) is 33.9. The van der Waals surface area contributed by atoms with E-state index in [1.165, 1.54) is 64.2 Å². The van der Waals surface area contributed by atoms with Gasteiger partial charge in [0.1, 0.15) is 12.1 Å². The first-order chi connectivity index (χ1) is 24.8. The molecule has 0 spiro atoms. The lowest BCUT2D eigenvalue weighted by Gasteiger charge is -2.18. The van der Waals surface area contributed by atoms with Gasteiger partial charge in [-0.15, -0.1) is 0 Å². The van der Waals surface area contributed by atoms with E-state index in [0.29, 0.717) is 19.3 Å². The number of aliphatic hydroxyl groups is 1. The molecule has 0 aromatic carbocycles. The summed E-state index contributed by atoms with van der Waals surface area (Å²) < 4.78 is 5.97. The van der Waals surface area contributed by atoms with Crippen molar-refractivity contribution in [3.8, 4) is 0 Å². The maximum absolute atomic E-state index is 12.7. The molecule has 2 amide bonds. The number of amides is 2. The standard InChI is InChI=1S/C42H74N2O7/c1-3-5-7-9-11-12-13-14-15-16-17-18-19-20-21-26-30-34-41(48)51-37(31-27-23-10-8-6-4-2)32-28-24-22-25-29-33-39(46)43-35-40(47)44-38(36-45)42(49)50/h5,7,11-12,14-15,37-38,45H,3-4,6,8-10,13,16-36H2,1-2H3,(H,43,46)(H,44,47)(H,49,50)/b7-5-,12-11-,15-14-. The molecule has 0 heterocycles. The van der Waals surface area contributed by atoms with Crippen molar-refractivity contribution in [3.63, 3.8) is 0 Å². The summed E-state index contributed by atoms with van der Waals surface area (Å²) in [6.07, 6.45) is 40.4. The van der Waals surface area contributed by atoms with E-state index in [9.17, 15) is 19.2 Å². The quantitative estimate of drug-likeness (QED) is 0.0287. The molecule has 9 heteroatoms. The zero-order chi connectivity index (χ0) is 37.6. The van der Waals surface area contributed by atoms with Crippen LogP contribution in [-0.4, -0.2) is 59.3 Å². The maximum atomic E-state index is 12.7. The van der Waals surface area contributed by atoms with Crippen molar-refractivity contribution in [3.05, 3.63) is 36.5 Å². The fraction of sp³-hybridized carbons (Fsp3) is 0.762. The summed E-state index contributed by atoms with van der Waals surface area (Å²) in [5.74, 6) is -2.31. The Kier molecular flexibility index (Phi) is 34.7. The van der Waals surface area contributed by atoms with Gasteiger partial charge in [-0.25, -0.2) is 4.79 Å². The summed E-state index contributed by atoms with van der Waals surface area (Å²) in [4.78, 5) is 47.3. The van der Waals surface area contributed by atoms with Gasteiger partial charge in [0, 0.05) is 12.8 Å². The number of hydrogen-bond donors (Lipinski definition) is 4. The fourth-order valence-electron chi connectivity index (χ4n) is 5.79. The molecule has 0 saturated carbocycles. The van der Waals surface area contributed by atoms with Crippen LogP contribution in [0.4, 0.5) is 0 Å². The number of carboxylic acids is 1. The van der Waals surface area contributed by atoms with Crippen molar-refractivity contribution < 1.29 is 34.1 Å². The molecule has 0 aliphatic carbocycles. The number of carboxylic acid groups (broad SMARTS) is 1. The van der Waals surface area contributed by atoms with Gasteiger partial charge in [-0.2, -0.15) is 0 Å². The number of unbranched alkanes of at least 4 members (excludes halogenated alkanes) is 16. The van der Waals surface area contributed by atoms with Crippen LogP contribution in [0, 0.1) is 0 Å². The van der Waals surface area contributed by atoms with Gasteiger partial charge in [0.2, 0.25) is 11.8 Å². The van der Waals surface area contributed by atoms with Gasteiger partial charge in [0.15, 0.2) is 0 Å². The number of hydrogen-bond acceptors (Lipinski definition) is 6. The normalized spacial score (nSPS) is 12.8. The molecular weight excluding hydrogens is 644 g/mol. The van der Waals surface area contributed by atoms with Crippen LogP contribution in [0.25, 0.3) is 0 Å². The molecule has 2 unspecified atom stereocenters. The van der Waals surface area contributed by atoms with Crippen LogP contribution in [0.5, 0.6) is 0 Å². The van der Waals surface area contributed by atoms with Crippen LogP contribution in [0.1, 0.15) is 181 Å². The van der Waals surface area contributed by atoms with Crippen LogP contribution >= 0.6 is 0 Å². The van der Waals surface area contributed by atoms with Crippen molar-refractivity contribution in [1.82, 2.24) is 10.6 Å². The molecule has 0 aromatic rings. The molecular formula is C42H74N2O7. The summed E-state index contributed by atoms with van der Waals surface area (Å²) >= 11 is 0. The van der Waals surface area contributed by atoms with E-state index in [0.717, 1.165) is 83.5 Å². The molecule has 51 heavy (non-hydrogen) atoms. The third-order valence-corrected chi connectivity index (χ3v) is 8.90. The lowest BCUT2D eigenvalue weighted by Crippen LogP contribution is -2.47. The Morgan fingerprint density at radius 2 is 1.12 bits per heavy atom. The summed E-state index contributed by atoms with van der Waals surface area (Å²) in [5.41, 5.74) is 0. The second kappa shape index (κ2) is 36.8. The molecule has 0 radical (unpaired) electrons. The second-order valence-electron chi connectivity index (χ2n) is 13.7. The number of nitrogens with one attached hydrogen (secondary N) is 2. The van der Waals surface area contributed by atoms with Crippen molar-refractivity contribution >= 4 is 23.8 Å². The first kappa shape index (κ1) is 48.1. The van der Waals surface area contributed by atoms with Gasteiger partial charge >= 0.3 is 11.9 Å². The highest BCUT2D eigenvalue weighted by atomic mass is 16.5. The number of esters is 1. The topological polar surface area (TPSA) is 142 Å². The van der Waals surface area contributed by atoms with E-state index >= 15 is 0 Å². The Morgan fingerprint density at radius 1 is 0.608 bits per heavy atom. The van der Waals surface area contributed by atoms with Crippen molar-refractivity contribution in [1.29, 1.82) is 0 Å². The zero-order valence-corrected chi connectivity index (χ0v) is 32.4. The minimum atomic E-state index is -1.38. The monoisotopic (exact) mass is 719 g/mol. The van der Waals surface area contributed by atoms with E-state index in [1.807, 2.05) is 0 Å². The van der Waals surface area contributed by atoms with E-state index in [2.05, 4.69) is 60.9 Å². The highest BCUT2D eigenvalue weighted by Crippen LogP contribution is 2.18. The molecule has 9 nitrogen and oxygen atoms in total. The first-order valence-corrected chi connectivity index (χ1v) is 20.4. The summed E-state index contributed by atoms with van der Waals surface area (Å²) in [5, 5.41) is 22.5. The number of carbonyl (C=O) groups excluding carboxylic acids is 3. The first-order valence-electron chi connectivity index (χ1n) is 20.4. The van der Waals surface area contributed by atoms with E-state index in [1.54, 1.807) is 0 Å². The highest BCUT2D eigenvalue weighted by molar-refractivity contribution is 5.87. The number of aliphatic hydroxyl groups excluding tert-OH is 1. The molecule has 0 rings (SSSR count). The fourth-order valence-corrected chi connectivity index (χ4v) is 5.79. The van der Waals surface area contributed by atoms with E-state index < -0.39 is 24.5 Å². The Labute approximate surface area is 310 Å². The molecule has 2 atom stereocenters. The average molecular weight is 719 g/mol. The molecule has 0 aromatic heterocycles. The second-order valence-corrected chi connectivity index (χ2v) is 13.7.